The lowest BCUT2D eigenvalue weighted by atomic mass is 9.98. The fourth-order valence-electron chi connectivity index (χ4n) is 2.73. The first-order valence-corrected chi connectivity index (χ1v) is 8.81. The molecule has 0 aliphatic carbocycles. The molecule has 1 aromatic heterocycles. The van der Waals surface area contributed by atoms with E-state index in [1.807, 2.05) is 36.5 Å². The molecule has 7 heteroatoms. The zero-order valence-electron chi connectivity index (χ0n) is 11.2. The average molecular weight is 379 g/mol. The molecule has 0 radical (unpaired) electrons. The zero-order chi connectivity index (χ0) is 15.3. The Balaban J connectivity index is 1.96. The van der Waals surface area contributed by atoms with Gasteiger partial charge in [-0.05, 0) is 24.3 Å². The summed E-state index contributed by atoms with van der Waals surface area (Å²) in [5.41, 5.74) is 2.59. The van der Waals surface area contributed by atoms with Gasteiger partial charge in [-0.1, -0.05) is 34.1 Å². The highest BCUT2D eigenvalue weighted by molar-refractivity contribution is 9.10. The van der Waals surface area contributed by atoms with Crippen molar-refractivity contribution in [3.8, 4) is 5.75 Å². The lowest BCUT2D eigenvalue weighted by Gasteiger charge is -2.26. The number of benzene rings is 2. The monoisotopic (exact) mass is 378 g/mol. The number of halogens is 1. The van der Waals surface area contributed by atoms with Crippen molar-refractivity contribution in [1.82, 2.24) is 9.71 Å². The van der Waals surface area contributed by atoms with Crippen LogP contribution < -0.4 is 8.91 Å². The quantitative estimate of drug-likeness (QED) is 0.682. The van der Waals surface area contributed by atoms with Gasteiger partial charge in [0.25, 0.3) is 0 Å². The predicted molar refractivity (Wildman–Crippen MR) is 87.0 cm³/mol. The van der Waals surface area contributed by atoms with Gasteiger partial charge in [-0.2, -0.15) is 13.1 Å². The summed E-state index contributed by atoms with van der Waals surface area (Å²) in [6, 6.07) is 12.5. The van der Waals surface area contributed by atoms with Gasteiger partial charge in [-0.3, -0.25) is 0 Å². The van der Waals surface area contributed by atoms with E-state index in [0.717, 1.165) is 26.5 Å². The van der Waals surface area contributed by atoms with Crippen LogP contribution in [0.2, 0.25) is 0 Å². The molecule has 3 aromatic rings. The molecule has 1 atom stereocenters. The van der Waals surface area contributed by atoms with E-state index in [-0.39, 0.29) is 0 Å². The Hall–Kier alpha value is -1.83. The van der Waals surface area contributed by atoms with E-state index in [9.17, 15) is 8.42 Å². The second kappa shape index (κ2) is 4.84. The van der Waals surface area contributed by atoms with Gasteiger partial charge in [0, 0.05) is 32.7 Å². The third kappa shape index (κ3) is 2.22. The second-order valence-electron chi connectivity index (χ2n) is 5.06. The minimum absolute atomic E-state index is 0.345. The molecule has 2 heterocycles. The Morgan fingerprint density at radius 1 is 1.09 bits per heavy atom. The van der Waals surface area contributed by atoms with Crippen molar-refractivity contribution in [3.63, 3.8) is 0 Å². The molecular formula is C15H11BrN2O3S. The van der Waals surface area contributed by atoms with Crippen LogP contribution in [0.1, 0.15) is 17.2 Å². The van der Waals surface area contributed by atoms with E-state index in [2.05, 4.69) is 25.6 Å². The first kappa shape index (κ1) is 13.8. The van der Waals surface area contributed by atoms with Crippen molar-refractivity contribution in [1.29, 1.82) is 0 Å². The predicted octanol–water partition coefficient (Wildman–Crippen LogP) is 3.25. The number of H-pyrrole nitrogens is 1. The average Bonchev–Trinajstić information content (AvgIpc) is 2.90. The maximum atomic E-state index is 12.0. The highest BCUT2D eigenvalue weighted by Crippen LogP contribution is 2.39. The fraction of sp³-hybridized carbons (Fsp3) is 0.0667. The lowest BCUT2D eigenvalue weighted by molar-refractivity contribution is 0.442. The van der Waals surface area contributed by atoms with Crippen LogP contribution >= 0.6 is 15.9 Å². The SMILES string of the molecule is O=S1(=O)NC(c2c[nH]c3ccccc23)c2cc(Br)ccc2O1. The molecule has 0 fully saturated rings. The summed E-state index contributed by atoms with van der Waals surface area (Å²) >= 11 is 3.42. The van der Waals surface area contributed by atoms with Gasteiger partial charge < -0.3 is 9.17 Å². The standard InChI is InChI=1S/C15H11BrN2O3S/c16-9-5-6-14-11(7-9)15(18-22(19,20)21-14)12-8-17-13-4-2-1-3-10(12)13/h1-8,15,17-18H. The van der Waals surface area contributed by atoms with E-state index in [1.54, 1.807) is 12.1 Å². The molecule has 4 rings (SSSR count). The molecule has 1 unspecified atom stereocenters. The third-order valence-corrected chi connectivity index (χ3v) is 5.09. The van der Waals surface area contributed by atoms with Gasteiger partial charge in [0.1, 0.15) is 5.75 Å². The van der Waals surface area contributed by atoms with Crippen LogP contribution in [0.4, 0.5) is 0 Å². The number of para-hydroxylation sites is 1. The maximum Gasteiger partial charge on any atom is 0.383 e. The van der Waals surface area contributed by atoms with Crippen molar-refractivity contribution in [3.05, 3.63) is 64.3 Å². The Labute approximate surface area is 135 Å². The molecule has 0 amide bonds. The molecule has 2 aromatic carbocycles. The summed E-state index contributed by atoms with van der Waals surface area (Å²) in [5.74, 6) is 0.345. The summed E-state index contributed by atoms with van der Waals surface area (Å²) in [5, 5.41) is 0.975. The highest BCUT2D eigenvalue weighted by Gasteiger charge is 2.33. The summed E-state index contributed by atoms with van der Waals surface area (Å²) in [7, 11) is -3.83. The van der Waals surface area contributed by atoms with E-state index in [4.69, 9.17) is 4.18 Å². The van der Waals surface area contributed by atoms with Crippen LogP contribution in [-0.2, 0) is 10.3 Å². The summed E-state index contributed by atoms with van der Waals surface area (Å²) in [4.78, 5) is 3.17. The van der Waals surface area contributed by atoms with Crippen LogP contribution in [0.5, 0.6) is 5.75 Å². The number of hydrogen-bond acceptors (Lipinski definition) is 3. The van der Waals surface area contributed by atoms with Crippen molar-refractivity contribution in [2.45, 2.75) is 6.04 Å². The molecule has 22 heavy (non-hydrogen) atoms. The topological polar surface area (TPSA) is 71.2 Å². The molecule has 1 aliphatic heterocycles. The fourth-order valence-corrected chi connectivity index (χ4v) is 4.09. The Morgan fingerprint density at radius 3 is 2.77 bits per heavy atom. The van der Waals surface area contributed by atoms with Crippen molar-refractivity contribution >= 4 is 37.1 Å². The summed E-state index contributed by atoms with van der Waals surface area (Å²) in [6.45, 7) is 0. The van der Waals surface area contributed by atoms with Crippen LogP contribution in [0.15, 0.2) is 53.1 Å². The largest absolute Gasteiger partial charge is 0.383 e. The number of aromatic amines is 1. The number of aromatic nitrogens is 1. The minimum Gasteiger partial charge on any atom is -0.371 e. The van der Waals surface area contributed by atoms with E-state index in [1.165, 1.54) is 0 Å². The van der Waals surface area contributed by atoms with E-state index >= 15 is 0 Å². The van der Waals surface area contributed by atoms with Crippen LogP contribution in [-0.4, -0.2) is 13.4 Å². The highest BCUT2D eigenvalue weighted by atomic mass is 79.9. The van der Waals surface area contributed by atoms with Crippen molar-refractivity contribution in [2.24, 2.45) is 0 Å². The van der Waals surface area contributed by atoms with Crippen molar-refractivity contribution < 1.29 is 12.6 Å². The first-order chi connectivity index (χ1) is 10.5. The van der Waals surface area contributed by atoms with Crippen LogP contribution in [0.3, 0.4) is 0 Å². The van der Waals surface area contributed by atoms with Crippen LogP contribution in [0.25, 0.3) is 10.9 Å². The van der Waals surface area contributed by atoms with Gasteiger partial charge in [0.05, 0.1) is 6.04 Å². The van der Waals surface area contributed by atoms with Gasteiger partial charge in [-0.15, -0.1) is 0 Å². The molecule has 0 saturated carbocycles. The number of rotatable bonds is 1. The first-order valence-electron chi connectivity index (χ1n) is 6.61. The molecule has 0 bridgehead atoms. The third-order valence-electron chi connectivity index (χ3n) is 3.68. The summed E-state index contributed by atoms with van der Waals surface area (Å²) < 4.78 is 32.5. The number of fused-ring (bicyclic) bond motifs is 2. The Kier molecular flexibility index (Phi) is 3.04. The summed E-state index contributed by atoms with van der Waals surface area (Å²) in [6.07, 6.45) is 1.83. The second-order valence-corrected chi connectivity index (χ2v) is 7.29. The maximum absolute atomic E-state index is 12.0. The van der Waals surface area contributed by atoms with E-state index in [0.29, 0.717) is 5.75 Å². The Bertz CT molecular complexity index is 981. The number of nitrogens with one attached hydrogen (secondary N) is 2. The molecule has 0 spiro atoms. The molecule has 0 saturated heterocycles. The molecular weight excluding hydrogens is 368 g/mol. The van der Waals surface area contributed by atoms with Gasteiger partial charge in [0.2, 0.25) is 0 Å². The minimum atomic E-state index is -3.83. The van der Waals surface area contributed by atoms with Gasteiger partial charge >= 0.3 is 10.3 Å². The van der Waals surface area contributed by atoms with Gasteiger partial charge in [0.15, 0.2) is 0 Å². The molecule has 112 valence electrons. The smallest absolute Gasteiger partial charge is 0.371 e. The van der Waals surface area contributed by atoms with E-state index < -0.39 is 16.3 Å². The lowest BCUT2D eigenvalue weighted by Crippen LogP contribution is -2.37. The van der Waals surface area contributed by atoms with Crippen molar-refractivity contribution in [2.75, 3.05) is 0 Å². The molecule has 2 N–H and O–H groups in total. The van der Waals surface area contributed by atoms with Crippen LogP contribution in [0, 0.1) is 0 Å². The zero-order valence-corrected chi connectivity index (χ0v) is 13.6. The molecule has 5 nitrogen and oxygen atoms in total. The molecule has 1 aliphatic rings. The normalized spacial score (nSPS) is 19.6. The number of hydrogen-bond donors (Lipinski definition) is 2. The van der Waals surface area contributed by atoms with Gasteiger partial charge in [-0.25, -0.2) is 0 Å². The Morgan fingerprint density at radius 2 is 1.91 bits per heavy atom.